The maximum absolute atomic E-state index is 6.02. The Balaban J connectivity index is 2.49. The zero-order valence-corrected chi connectivity index (χ0v) is 9.25. The van der Waals surface area contributed by atoms with Crippen LogP contribution in [0.15, 0.2) is 18.2 Å². The summed E-state index contributed by atoms with van der Waals surface area (Å²) in [4.78, 5) is 0. The van der Waals surface area contributed by atoms with Gasteiger partial charge in [-0.3, -0.25) is 0 Å². The van der Waals surface area contributed by atoms with Gasteiger partial charge in [-0.15, -0.1) is 0 Å². The van der Waals surface area contributed by atoms with Crippen LogP contribution in [0.3, 0.4) is 0 Å². The van der Waals surface area contributed by atoms with E-state index in [2.05, 4.69) is 39.0 Å². The lowest BCUT2D eigenvalue weighted by Crippen LogP contribution is -2.23. The molecule has 1 aliphatic rings. The Labute approximate surface area is 86.3 Å². The third-order valence-corrected chi connectivity index (χ3v) is 3.49. The molecule has 1 aromatic rings. The van der Waals surface area contributed by atoms with Crippen LogP contribution in [0.5, 0.6) is 0 Å². The minimum Gasteiger partial charge on any atom is -0.327 e. The monoisotopic (exact) mass is 189 g/mol. The van der Waals surface area contributed by atoms with Gasteiger partial charge in [-0.2, -0.15) is 0 Å². The average Bonchev–Trinajstić information content (AvgIpc) is 2.45. The highest BCUT2D eigenvalue weighted by molar-refractivity contribution is 5.44. The number of hydrogen-bond donors (Lipinski definition) is 1. The van der Waals surface area contributed by atoms with Gasteiger partial charge in [0.25, 0.3) is 0 Å². The summed E-state index contributed by atoms with van der Waals surface area (Å²) in [6.07, 6.45) is 1.22. The molecule has 14 heavy (non-hydrogen) atoms. The quantitative estimate of drug-likeness (QED) is 0.722. The van der Waals surface area contributed by atoms with Crippen molar-refractivity contribution in [1.82, 2.24) is 0 Å². The van der Waals surface area contributed by atoms with Gasteiger partial charge in [-0.05, 0) is 48.8 Å². The first-order chi connectivity index (χ1) is 6.61. The van der Waals surface area contributed by atoms with Crippen molar-refractivity contribution in [1.29, 1.82) is 0 Å². The van der Waals surface area contributed by atoms with E-state index < -0.39 is 0 Å². The molecule has 1 aromatic carbocycles. The van der Waals surface area contributed by atoms with E-state index in [0.29, 0.717) is 11.8 Å². The third-order valence-electron chi connectivity index (χ3n) is 3.49. The molecule has 2 N–H and O–H groups in total. The van der Waals surface area contributed by atoms with Crippen molar-refractivity contribution in [3.63, 3.8) is 0 Å². The van der Waals surface area contributed by atoms with Gasteiger partial charge in [-0.1, -0.05) is 25.1 Å². The van der Waals surface area contributed by atoms with Gasteiger partial charge in [0, 0.05) is 6.04 Å². The predicted octanol–water partition coefficient (Wildman–Crippen LogP) is 2.93. The fourth-order valence-electron chi connectivity index (χ4n) is 2.82. The Kier molecular flexibility index (Phi) is 2.36. The van der Waals surface area contributed by atoms with E-state index in [9.17, 15) is 0 Å². The molecule has 0 radical (unpaired) electrons. The smallest absolute Gasteiger partial charge is 0.00796 e. The van der Waals surface area contributed by atoms with Crippen LogP contribution in [0, 0.1) is 6.92 Å². The first-order valence-electron chi connectivity index (χ1n) is 5.46. The van der Waals surface area contributed by atoms with Crippen molar-refractivity contribution in [2.45, 2.75) is 45.1 Å². The van der Waals surface area contributed by atoms with Crippen LogP contribution in [0.1, 0.15) is 48.8 Å². The molecule has 1 nitrogen and oxygen atoms in total. The lowest BCUT2D eigenvalue weighted by atomic mass is 9.94. The summed E-state index contributed by atoms with van der Waals surface area (Å²) in [6, 6.07) is 6.89. The highest BCUT2D eigenvalue weighted by Crippen LogP contribution is 2.43. The molecule has 0 bridgehead atoms. The van der Waals surface area contributed by atoms with E-state index in [4.69, 9.17) is 5.73 Å². The number of nitrogens with two attached hydrogens (primary N) is 1. The fraction of sp³-hybridized carbons (Fsp3) is 0.538. The first kappa shape index (κ1) is 9.72. The molecule has 1 aliphatic carbocycles. The van der Waals surface area contributed by atoms with Gasteiger partial charge in [-0.25, -0.2) is 0 Å². The zero-order chi connectivity index (χ0) is 10.3. The van der Waals surface area contributed by atoms with Gasteiger partial charge < -0.3 is 5.73 Å². The van der Waals surface area contributed by atoms with Gasteiger partial charge >= 0.3 is 0 Å². The Hall–Kier alpha value is -0.820. The van der Waals surface area contributed by atoms with Crippen molar-refractivity contribution in [3.8, 4) is 0 Å². The number of aryl methyl sites for hydroxylation is 1. The Morgan fingerprint density at radius 1 is 1.43 bits per heavy atom. The second-order valence-corrected chi connectivity index (χ2v) is 4.68. The number of rotatable bonds is 1. The Morgan fingerprint density at radius 2 is 2.14 bits per heavy atom. The van der Waals surface area contributed by atoms with Crippen LogP contribution in [0.4, 0.5) is 0 Å². The average molecular weight is 189 g/mol. The van der Waals surface area contributed by atoms with Crippen LogP contribution in [-0.2, 0) is 0 Å². The second kappa shape index (κ2) is 3.39. The largest absolute Gasteiger partial charge is 0.327 e. The molecule has 0 aliphatic heterocycles. The summed E-state index contributed by atoms with van der Waals surface area (Å²) in [5, 5.41) is 0. The highest BCUT2D eigenvalue weighted by atomic mass is 14.6. The van der Waals surface area contributed by atoms with Crippen LogP contribution in [-0.4, -0.2) is 6.04 Å². The normalized spacial score (nSPS) is 27.4. The molecule has 2 rings (SSSR count). The summed E-state index contributed by atoms with van der Waals surface area (Å²) in [7, 11) is 0. The summed E-state index contributed by atoms with van der Waals surface area (Å²) in [6.45, 7) is 6.64. The van der Waals surface area contributed by atoms with E-state index in [1.807, 2.05) is 0 Å². The van der Waals surface area contributed by atoms with E-state index in [1.54, 1.807) is 5.56 Å². The van der Waals surface area contributed by atoms with Crippen molar-refractivity contribution >= 4 is 0 Å². The summed E-state index contributed by atoms with van der Waals surface area (Å²) < 4.78 is 0. The molecular weight excluding hydrogens is 170 g/mol. The lowest BCUT2D eigenvalue weighted by molar-refractivity contribution is 0.534. The molecular formula is C13H19N. The lowest BCUT2D eigenvalue weighted by Gasteiger charge is -2.15. The van der Waals surface area contributed by atoms with Gasteiger partial charge in [0.05, 0.1) is 0 Å². The molecule has 0 spiro atoms. The Bertz CT molecular complexity index is 341. The second-order valence-electron chi connectivity index (χ2n) is 4.68. The van der Waals surface area contributed by atoms with Crippen molar-refractivity contribution in [2.75, 3.05) is 0 Å². The predicted molar refractivity (Wildman–Crippen MR) is 60.6 cm³/mol. The van der Waals surface area contributed by atoms with Crippen LogP contribution >= 0.6 is 0 Å². The SMILES string of the molecule is Cc1cccc2c1C(C)CC2C(C)N. The molecule has 0 saturated heterocycles. The van der Waals surface area contributed by atoms with Crippen LogP contribution < -0.4 is 5.73 Å². The van der Waals surface area contributed by atoms with Gasteiger partial charge in [0.2, 0.25) is 0 Å². The van der Waals surface area contributed by atoms with Crippen LogP contribution in [0.25, 0.3) is 0 Å². The highest BCUT2D eigenvalue weighted by Gasteiger charge is 2.31. The number of benzene rings is 1. The summed E-state index contributed by atoms with van der Waals surface area (Å²) in [5.74, 6) is 1.25. The van der Waals surface area contributed by atoms with Crippen molar-refractivity contribution in [3.05, 3.63) is 34.9 Å². The van der Waals surface area contributed by atoms with E-state index in [1.165, 1.54) is 17.5 Å². The number of hydrogen-bond acceptors (Lipinski definition) is 1. The molecule has 0 amide bonds. The van der Waals surface area contributed by atoms with Gasteiger partial charge in [0.1, 0.15) is 0 Å². The molecule has 0 saturated carbocycles. The molecule has 0 fully saturated rings. The van der Waals surface area contributed by atoms with Crippen molar-refractivity contribution in [2.24, 2.45) is 5.73 Å². The first-order valence-corrected chi connectivity index (χ1v) is 5.46. The fourth-order valence-corrected chi connectivity index (χ4v) is 2.82. The maximum atomic E-state index is 6.02. The molecule has 0 aromatic heterocycles. The zero-order valence-electron chi connectivity index (χ0n) is 9.25. The summed E-state index contributed by atoms with van der Waals surface area (Å²) in [5.41, 5.74) is 10.5. The molecule has 3 unspecified atom stereocenters. The standard InChI is InChI=1S/C13H19N/c1-8-5-4-6-11-12(10(3)14)7-9(2)13(8)11/h4-6,9-10,12H,7,14H2,1-3H3. The van der Waals surface area contributed by atoms with E-state index >= 15 is 0 Å². The molecule has 76 valence electrons. The number of fused-ring (bicyclic) bond motifs is 1. The minimum absolute atomic E-state index is 0.278. The summed E-state index contributed by atoms with van der Waals surface area (Å²) >= 11 is 0. The van der Waals surface area contributed by atoms with Crippen LogP contribution in [0.2, 0.25) is 0 Å². The molecule has 0 heterocycles. The topological polar surface area (TPSA) is 26.0 Å². The van der Waals surface area contributed by atoms with Crippen molar-refractivity contribution < 1.29 is 0 Å². The van der Waals surface area contributed by atoms with Gasteiger partial charge in [0.15, 0.2) is 0 Å². The molecule has 1 heteroatoms. The van der Waals surface area contributed by atoms with E-state index in [0.717, 1.165) is 0 Å². The van der Waals surface area contributed by atoms with E-state index in [-0.39, 0.29) is 6.04 Å². The minimum atomic E-state index is 0.278. The Morgan fingerprint density at radius 3 is 2.79 bits per heavy atom. The molecule has 3 atom stereocenters. The third kappa shape index (κ3) is 1.36. The maximum Gasteiger partial charge on any atom is 0.00796 e.